The van der Waals surface area contributed by atoms with Gasteiger partial charge in [-0.05, 0) is 6.07 Å². The minimum atomic E-state index is -2.64. The number of amides is 1. The molecule has 0 spiro atoms. The van der Waals surface area contributed by atoms with Gasteiger partial charge in [-0.3, -0.25) is 9.63 Å². The maximum Gasteiger partial charge on any atom is 0.280 e. The number of benzene rings is 1. The second-order valence-electron chi connectivity index (χ2n) is 3.49. The Bertz CT molecular complexity index is 425. The summed E-state index contributed by atoms with van der Waals surface area (Å²) in [5.41, 5.74) is 1.03. The highest BCUT2D eigenvalue weighted by atomic mass is 19.3. The number of fused-ring (bicyclic) bond motifs is 1. The molecule has 0 aliphatic carbocycles. The molecule has 4 nitrogen and oxygen atoms in total. The summed E-state index contributed by atoms with van der Waals surface area (Å²) in [6, 6.07) is 6.75. The van der Waals surface area contributed by atoms with E-state index in [9.17, 15) is 13.6 Å². The number of nitrogens with zero attached hydrogens (tertiary/aromatic N) is 1. The molecule has 1 atom stereocenters. The van der Waals surface area contributed by atoms with Crippen LogP contribution in [0.2, 0.25) is 0 Å². The summed E-state index contributed by atoms with van der Waals surface area (Å²) in [5, 5.41) is 0.844. The standard InChI is InChI=1S/C11H11F2NO3/c1-16-11-8-5-3-2-4-7(8)10(15)14(11)17-6-9(12)13/h2-5,9,11H,6H2,1H3. The third kappa shape index (κ3) is 2.13. The van der Waals surface area contributed by atoms with Crippen LogP contribution in [0.25, 0.3) is 0 Å². The Morgan fingerprint density at radius 1 is 1.41 bits per heavy atom. The maximum absolute atomic E-state index is 12.1. The molecule has 1 heterocycles. The largest absolute Gasteiger partial charge is 0.355 e. The minimum absolute atomic E-state index is 0.411. The fraction of sp³-hybridized carbons (Fsp3) is 0.364. The topological polar surface area (TPSA) is 38.8 Å². The lowest BCUT2D eigenvalue weighted by Gasteiger charge is -2.22. The molecule has 92 valence electrons. The van der Waals surface area contributed by atoms with Gasteiger partial charge < -0.3 is 4.74 Å². The van der Waals surface area contributed by atoms with Crippen LogP contribution in [0.5, 0.6) is 0 Å². The maximum atomic E-state index is 12.1. The van der Waals surface area contributed by atoms with Crippen molar-refractivity contribution in [3.05, 3.63) is 35.4 Å². The van der Waals surface area contributed by atoms with Gasteiger partial charge in [-0.2, -0.15) is 5.06 Å². The van der Waals surface area contributed by atoms with E-state index in [0.717, 1.165) is 5.06 Å². The van der Waals surface area contributed by atoms with E-state index in [1.165, 1.54) is 7.11 Å². The van der Waals surface area contributed by atoms with Crippen molar-refractivity contribution in [1.29, 1.82) is 0 Å². The molecule has 1 aromatic rings. The van der Waals surface area contributed by atoms with E-state index in [1.807, 2.05) is 0 Å². The van der Waals surface area contributed by atoms with Crippen LogP contribution in [0.15, 0.2) is 24.3 Å². The lowest BCUT2D eigenvalue weighted by molar-refractivity contribution is -0.223. The fourth-order valence-corrected chi connectivity index (χ4v) is 1.74. The summed E-state index contributed by atoms with van der Waals surface area (Å²) in [7, 11) is 1.39. The van der Waals surface area contributed by atoms with Crippen LogP contribution >= 0.6 is 0 Å². The summed E-state index contributed by atoms with van der Waals surface area (Å²) in [6.45, 7) is -0.834. The molecule has 0 saturated carbocycles. The van der Waals surface area contributed by atoms with Crippen LogP contribution in [0.4, 0.5) is 8.78 Å². The summed E-state index contributed by atoms with van der Waals surface area (Å²) < 4.78 is 29.2. The number of alkyl halides is 2. The highest BCUT2D eigenvalue weighted by Gasteiger charge is 2.38. The van der Waals surface area contributed by atoms with Gasteiger partial charge >= 0.3 is 0 Å². The van der Waals surface area contributed by atoms with E-state index in [4.69, 9.17) is 9.57 Å². The number of hydrogen-bond acceptors (Lipinski definition) is 3. The highest BCUT2D eigenvalue weighted by Crippen LogP contribution is 2.33. The molecule has 1 unspecified atom stereocenters. The van der Waals surface area contributed by atoms with E-state index in [0.29, 0.717) is 11.1 Å². The first kappa shape index (κ1) is 11.9. The molecule has 1 amide bonds. The molecule has 0 fully saturated rings. The van der Waals surface area contributed by atoms with Crippen LogP contribution in [0.1, 0.15) is 22.1 Å². The molecule has 0 N–H and O–H groups in total. The van der Waals surface area contributed by atoms with Crippen molar-refractivity contribution in [2.24, 2.45) is 0 Å². The van der Waals surface area contributed by atoms with Crippen molar-refractivity contribution in [2.45, 2.75) is 12.7 Å². The Kier molecular flexibility index (Phi) is 3.35. The van der Waals surface area contributed by atoms with Crippen molar-refractivity contribution in [3.63, 3.8) is 0 Å². The highest BCUT2D eigenvalue weighted by molar-refractivity contribution is 5.98. The van der Waals surface area contributed by atoms with Gasteiger partial charge in [-0.1, -0.05) is 18.2 Å². The average Bonchev–Trinajstić information content (AvgIpc) is 2.60. The normalized spacial score (nSPS) is 18.9. The van der Waals surface area contributed by atoms with Crippen molar-refractivity contribution >= 4 is 5.91 Å². The molecule has 0 radical (unpaired) electrons. The van der Waals surface area contributed by atoms with Gasteiger partial charge in [0.25, 0.3) is 12.3 Å². The Labute approximate surface area is 96.7 Å². The lowest BCUT2D eigenvalue weighted by atomic mass is 10.1. The van der Waals surface area contributed by atoms with Gasteiger partial charge in [0.15, 0.2) is 6.23 Å². The monoisotopic (exact) mass is 243 g/mol. The van der Waals surface area contributed by atoms with Crippen molar-refractivity contribution in [3.8, 4) is 0 Å². The third-order valence-corrected chi connectivity index (χ3v) is 2.43. The first-order valence-corrected chi connectivity index (χ1v) is 5.01. The molecule has 1 aromatic carbocycles. The van der Waals surface area contributed by atoms with Crippen LogP contribution in [0.3, 0.4) is 0 Å². The van der Waals surface area contributed by atoms with Gasteiger partial charge in [0, 0.05) is 18.2 Å². The number of methoxy groups -OCH3 is 1. The zero-order valence-electron chi connectivity index (χ0n) is 9.10. The predicted octanol–water partition coefficient (Wildman–Crippen LogP) is 1.98. The summed E-state index contributed by atoms with van der Waals surface area (Å²) in [4.78, 5) is 16.6. The molecule has 0 bridgehead atoms. The Morgan fingerprint density at radius 2 is 2.12 bits per heavy atom. The predicted molar refractivity (Wildman–Crippen MR) is 54.3 cm³/mol. The molecule has 2 rings (SSSR count). The van der Waals surface area contributed by atoms with Gasteiger partial charge in [-0.25, -0.2) is 8.78 Å². The molecule has 0 saturated heterocycles. The number of hydrogen-bond donors (Lipinski definition) is 0. The van der Waals surface area contributed by atoms with Crippen molar-refractivity contribution < 1.29 is 23.1 Å². The minimum Gasteiger partial charge on any atom is -0.355 e. The molecular formula is C11H11F2NO3. The SMILES string of the molecule is COC1c2ccccc2C(=O)N1OCC(F)F. The van der Waals surface area contributed by atoms with E-state index >= 15 is 0 Å². The molecule has 17 heavy (non-hydrogen) atoms. The van der Waals surface area contributed by atoms with E-state index in [-0.39, 0.29) is 0 Å². The third-order valence-electron chi connectivity index (χ3n) is 2.43. The van der Waals surface area contributed by atoms with E-state index in [1.54, 1.807) is 24.3 Å². The quantitative estimate of drug-likeness (QED) is 0.811. The van der Waals surface area contributed by atoms with Crippen LogP contribution in [-0.4, -0.2) is 31.1 Å². The average molecular weight is 243 g/mol. The van der Waals surface area contributed by atoms with Gasteiger partial charge in [0.2, 0.25) is 0 Å². The van der Waals surface area contributed by atoms with Crippen molar-refractivity contribution in [2.75, 3.05) is 13.7 Å². The van der Waals surface area contributed by atoms with Crippen molar-refractivity contribution in [1.82, 2.24) is 5.06 Å². The van der Waals surface area contributed by atoms with E-state index in [2.05, 4.69) is 0 Å². The van der Waals surface area contributed by atoms with Gasteiger partial charge in [-0.15, -0.1) is 0 Å². The lowest BCUT2D eigenvalue weighted by Crippen LogP contribution is -2.31. The fourth-order valence-electron chi connectivity index (χ4n) is 1.74. The second-order valence-corrected chi connectivity index (χ2v) is 3.49. The number of hydroxylamine groups is 2. The Balaban J connectivity index is 2.23. The van der Waals surface area contributed by atoms with E-state index < -0.39 is 25.2 Å². The molecular weight excluding hydrogens is 232 g/mol. The number of ether oxygens (including phenoxy) is 1. The zero-order chi connectivity index (χ0) is 12.4. The molecule has 1 aliphatic heterocycles. The molecule has 1 aliphatic rings. The summed E-state index contributed by atoms with van der Waals surface area (Å²) >= 11 is 0. The van der Waals surface area contributed by atoms with Crippen LogP contribution in [-0.2, 0) is 9.57 Å². The Hall–Kier alpha value is -1.53. The Morgan fingerprint density at radius 3 is 2.76 bits per heavy atom. The second kappa shape index (κ2) is 4.77. The molecule has 6 heteroatoms. The zero-order valence-corrected chi connectivity index (χ0v) is 9.10. The summed E-state index contributed by atoms with van der Waals surface area (Å²) in [5.74, 6) is -0.465. The number of carbonyl (C=O) groups excluding carboxylic acids is 1. The first-order chi connectivity index (χ1) is 8.15. The molecule has 0 aromatic heterocycles. The van der Waals surface area contributed by atoms with Gasteiger partial charge in [0.1, 0.15) is 6.61 Å². The van der Waals surface area contributed by atoms with Crippen LogP contribution in [0, 0.1) is 0 Å². The first-order valence-electron chi connectivity index (χ1n) is 5.01. The summed E-state index contributed by atoms with van der Waals surface area (Å²) in [6.07, 6.45) is -3.40. The van der Waals surface area contributed by atoms with Crippen LogP contribution < -0.4 is 0 Å². The number of carbonyl (C=O) groups is 1. The number of rotatable bonds is 4. The smallest absolute Gasteiger partial charge is 0.280 e. The number of halogens is 2. The van der Waals surface area contributed by atoms with Gasteiger partial charge in [0.05, 0.1) is 0 Å².